The molecule has 1 aromatic carbocycles. The van der Waals surface area contributed by atoms with E-state index in [1.165, 1.54) is 5.56 Å². The van der Waals surface area contributed by atoms with E-state index in [1.54, 1.807) is 0 Å². The van der Waals surface area contributed by atoms with Crippen molar-refractivity contribution >= 4 is 27.4 Å². The maximum absolute atomic E-state index is 6.07. The minimum atomic E-state index is 0.741. The number of aromatic nitrogens is 2. The second-order valence-electron chi connectivity index (χ2n) is 4.55. The first-order chi connectivity index (χ1) is 9.11. The predicted octanol–water partition coefficient (Wildman–Crippen LogP) is 3.56. The highest BCUT2D eigenvalue weighted by molar-refractivity contribution is 9.10. The Labute approximate surface area is 122 Å². The summed E-state index contributed by atoms with van der Waals surface area (Å²) in [5.74, 6) is 0.919. The minimum absolute atomic E-state index is 0.741. The van der Waals surface area contributed by atoms with Crippen LogP contribution in [-0.4, -0.2) is 9.78 Å². The number of aryl methyl sites for hydroxylation is 2. The lowest BCUT2D eigenvalue weighted by Gasteiger charge is -2.10. The Morgan fingerprint density at radius 3 is 2.63 bits per heavy atom. The van der Waals surface area contributed by atoms with Gasteiger partial charge in [0.2, 0.25) is 0 Å². The van der Waals surface area contributed by atoms with Crippen LogP contribution in [0.1, 0.15) is 24.6 Å². The largest absolute Gasteiger partial charge is 0.394 e. The normalized spacial score (nSPS) is 10.7. The number of nitrogen functional groups attached to an aromatic ring is 1. The summed E-state index contributed by atoms with van der Waals surface area (Å²) in [6.07, 6.45) is 1.04. The number of halogens is 1. The minimum Gasteiger partial charge on any atom is -0.394 e. The summed E-state index contributed by atoms with van der Waals surface area (Å²) in [5.41, 5.74) is 8.90. The summed E-state index contributed by atoms with van der Waals surface area (Å²) in [6, 6.07) is 8.24. The molecule has 0 aliphatic heterocycles. The van der Waals surface area contributed by atoms with Gasteiger partial charge in [-0.2, -0.15) is 5.10 Å². The fourth-order valence-corrected chi connectivity index (χ4v) is 2.21. The molecule has 3 N–H and O–H groups in total. The third kappa shape index (κ3) is 3.29. The molecule has 1 aromatic heterocycles. The molecule has 2 rings (SSSR count). The molecule has 0 saturated heterocycles. The first kappa shape index (κ1) is 13.9. The van der Waals surface area contributed by atoms with E-state index >= 15 is 0 Å². The summed E-state index contributed by atoms with van der Waals surface area (Å²) in [6.45, 7) is 5.69. The van der Waals surface area contributed by atoms with E-state index in [9.17, 15) is 0 Å². The van der Waals surface area contributed by atoms with Crippen LogP contribution in [-0.2, 0) is 13.1 Å². The SMILES string of the molecule is CCCn1nc(C)c(N)c1NCc1ccc(Br)cc1. The fraction of sp³-hybridized carbons (Fsp3) is 0.357. The summed E-state index contributed by atoms with van der Waals surface area (Å²) in [7, 11) is 0. The standard InChI is InChI=1S/C14H19BrN4/c1-3-8-19-14(13(16)10(2)18-19)17-9-11-4-6-12(15)7-5-11/h4-7,17H,3,8-9,16H2,1-2H3. The lowest BCUT2D eigenvalue weighted by Crippen LogP contribution is -2.09. The van der Waals surface area contributed by atoms with Gasteiger partial charge in [-0.1, -0.05) is 35.0 Å². The Balaban J connectivity index is 2.12. The zero-order valence-electron chi connectivity index (χ0n) is 11.3. The summed E-state index contributed by atoms with van der Waals surface area (Å²) in [5, 5.41) is 7.83. The number of rotatable bonds is 5. The molecule has 2 aromatic rings. The number of nitrogens with two attached hydrogens (primary N) is 1. The molecule has 0 spiro atoms. The van der Waals surface area contributed by atoms with Crippen LogP contribution in [0.5, 0.6) is 0 Å². The van der Waals surface area contributed by atoms with E-state index in [2.05, 4.69) is 45.4 Å². The van der Waals surface area contributed by atoms with Crippen molar-refractivity contribution in [3.8, 4) is 0 Å². The van der Waals surface area contributed by atoms with Gasteiger partial charge in [0, 0.05) is 17.6 Å². The Bertz CT molecular complexity index is 545. The van der Waals surface area contributed by atoms with Crippen molar-refractivity contribution in [1.82, 2.24) is 9.78 Å². The van der Waals surface area contributed by atoms with E-state index in [1.807, 2.05) is 23.7 Å². The number of benzene rings is 1. The molecule has 102 valence electrons. The smallest absolute Gasteiger partial charge is 0.148 e. The van der Waals surface area contributed by atoms with Crippen LogP contribution in [0.3, 0.4) is 0 Å². The molecule has 0 atom stereocenters. The first-order valence-corrected chi connectivity index (χ1v) is 7.22. The maximum atomic E-state index is 6.07. The fourth-order valence-electron chi connectivity index (χ4n) is 1.94. The van der Waals surface area contributed by atoms with Crippen LogP contribution in [0.15, 0.2) is 28.7 Å². The van der Waals surface area contributed by atoms with Crippen LogP contribution in [0, 0.1) is 6.92 Å². The molecule has 0 amide bonds. The van der Waals surface area contributed by atoms with Gasteiger partial charge < -0.3 is 11.1 Å². The zero-order chi connectivity index (χ0) is 13.8. The van der Waals surface area contributed by atoms with Crippen LogP contribution < -0.4 is 11.1 Å². The van der Waals surface area contributed by atoms with E-state index in [4.69, 9.17) is 5.73 Å². The Morgan fingerprint density at radius 1 is 1.32 bits per heavy atom. The van der Waals surface area contributed by atoms with Gasteiger partial charge in [0.05, 0.1) is 11.4 Å². The first-order valence-electron chi connectivity index (χ1n) is 6.43. The van der Waals surface area contributed by atoms with Crippen molar-refractivity contribution < 1.29 is 0 Å². The lowest BCUT2D eigenvalue weighted by molar-refractivity contribution is 0.603. The molecule has 0 fully saturated rings. The van der Waals surface area contributed by atoms with Gasteiger partial charge >= 0.3 is 0 Å². The average molecular weight is 323 g/mol. The topological polar surface area (TPSA) is 55.9 Å². The third-order valence-electron chi connectivity index (χ3n) is 2.98. The zero-order valence-corrected chi connectivity index (χ0v) is 12.9. The molecule has 19 heavy (non-hydrogen) atoms. The Morgan fingerprint density at radius 2 is 2.00 bits per heavy atom. The molecular formula is C14H19BrN4. The molecule has 4 nitrogen and oxygen atoms in total. The van der Waals surface area contributed by atoms with Gasteiger partial charge in [-0.25, -0.2) is 4.68 Å². The van der Waals surface area contributed by atoms with Crippen molar-refractivity contribution in [2.75, 3.05) is 11.1 Å². The van der Waals surface area contributed by atoms with Crippen molar-refractivity contribution in [1.29, 1.82) is 0 Å². The molecule has 0 aliphatic rings. The van der Waals surface area contributed by atoms with E-state index in [0.717, 1.165) is 41.2 Å². The number of nitrogens with zero attached hydrogens (tertiary/aromatic N) is 2. The van der Waals surface area contributed by atoms with Crippen molar-refractivity contribution in [2.24, 2.45) is 0 Å². The van der Waals surface area contributed by atoms with Crippen LogP contribution in [0.4, 0.5) is 11.5 Å². The predicted molar refractivity (Wildman–Crippen MR) is 83.1 cm³/mol. The molecule has 0 aliphatic carbocycles. The van der Waals surface area contributed by atoms with Crippen molar-refractivity contribution in [3.63, 3.8) is 0 Å². The van der Waals surface area contributed by atoms with Crippen LogP contribution >= 0.6 is 15.9 Å². The highest BCUT2D eigenvalue weighted by Gasteiger charge is 2.11. The highest BCUT2D eigenvalue weighted by Crippen LogP contribution is 2.23. The van der Waals surface area contributed by atoms with Gasteiger partial charge in [0.1, 0.15) is 5.82 Å². The van der Waals surface area contributed by atoms with Crippen molar-refractivity contribution in [2.45, 2.75) is 33.4 Å². The quantitative estimate of drug-likeness (QED) is 0.884. The second-order valence-corrected chi connectivity index (χ2v) is 5.47. The van der Waals surface area contributed by atoms with E-state index in [-0.39, 0.29) is 0 Å². The van der Waals surface area contributed by atoms with Gasteiger partial charge in [-0.15, -0.1) is 0 Å². The Kier molecular flexibility index (Phi) is 4.47. The van der Waals surface area contributed by atoms with E-state index < -0.39 is 0 Å². The molecule has 0 bridgehead atoms. The van der Waals surface area contributed by atoms with Crippen LogP contribution in [0.25, 0.3) is 0 Å². The Hall–Kier alpha value is -1.49. The monoisotopic (exact) mass is 322 g/mol. The molecule has 0 radical (unpaired) electrons. The molecular weight excluding hydrogens is 304 g/mol. The lowest BCUT2D eigenvalue weighted by atomic mass is 10.2. The van der Waals surface area contributed by atoms with Gasteiger partial charge in [0.25, 0.3) is 0 Å². The van der Waals surface area contributed by atoms with Crippen molar-refractivity contribution in [3.05, 3.63) is 40.0 Å². The van der Waals surface area contributed by atoms with E-state index in [0.29, 0.717) is 0 Å². The molecule has 0 saturated carbocycles. The number of hydrogen-bond acceptors (Lipinski definition) is 3. The van der Waals surface area contributed by atoms with Crippen LogP contribution in [0.2, 0.25) is 0 Å². The molecule has 0 unspecified atom stereocenters. The molecule has 5 heteroatoms. The maximum Gasteiger partial charge on any atom is 0.148 e. The second kappa shape index (κ2) is 6.10. The number of hydrogen-bond donors (Lipinski definition) is 2. The summed E-state index contributed by atoms with van der Waals surface area (Å²) < 4.78 is 3.03. The van der Waals surface area contributed by atoms with Gasteiger partial charge in [-0.05, 0) is 31.0 Å². The molecule has 1 heterocycles. The average Bonchev–Trinajstić information content (AvgIpc) is 2.65. The third-order valence-corrected chi connectivity index (χ3v) is 3.51. The number of anilines is 2. The van der Waals surface area contributed by atoms with Gasteiger partial charge in [-0.3, -0.25) is 0 Å². The summed E-state index contributed by atoms with van der Waals surface area (Å²) in [4.78, 5) is 0. The van der Waals surface area contributed by atoms with Gasteiger partial charge in [0.15, 0.2) is 0 Å². The number of nitrogens with one attached hydrogen (secondary N) is 1. The highest BCUT2D eigenvalue weighted by atomic mass is 79.9. The summed E-state index contributed by atoms with van der Waals surface area (Å²) >= 11 is 3.43.